The van der Waals surface area contributed by atoms with Crippen molar-refractivity contribution in [2.45, 2.75) is 11.3 Å². The molecule has 1 fully saturated rings. The van der Waals surface area contributed by atoms with Crippen molar-refractivity contribution < 1.29 is 4.74 Å². The molecule has 0 bridgehead atoms. The second kappa shape index (κ2) is 7.11. The third-order valence-corrected chi connectivity index (χ3v) is 4.79. The maximum absolute atomic E-state index is 5.37. The van der Waals surface area contributed by atoms with Crippen molar-refractivity contribution in [3.8, 4) is 0 Å². The summed E-state index contributed by atoms with van der Waals surface area (Å²) in [6.07, 6.45) is 1.25. The van der Waals surface area contributed by atoms with Gasteiger partial charge in [0.1, 0.15) is 0 Å². The van der Waals surface area contributed by atoms with Crippen LogP contribution in [0.4, 0.5) is 0 Å². The van der Waals surface area contributed by atoms with Crippen LogP contribution in [0.15, 0.2) is 47.4 Å². The van der Waals surface area contributed by atoms with Gasteiger partial charge in [0.05, 0.1) is 13.2 Å². The van der Waals surface area contributed by atoms with Gasteiger partial charge in [0, 0.05) is 18.0 Å². The van der Waals surface area contributed by atoms with Gasteiger partial charge in [-0.2, -0.15) is 0 Å². The van der Waals surface area contributed by atoms with Crippen molar-refractivity contribution >= 4 is 22.5 Å². The third-order valence-electron chi connectivity index (χ3n) is 3.71. The van der Waals surface area contributed by atoms with Crippen molar-refractivity contribution in [3.05, 3.63) is 42.5 Å². The maximum atomic E-state index is 5.37. The van der Waals surface area contributed by atoms with Gasteiger partial charge in [-0.25, -0.2) is 0 Å². The highest BCUT2D eigenvalue weighted by Crippen LogP contribution is 2.24. The van der Waals surface area contributed by atoms with Crippen LogP contribution in [-0.2, 0) is 4.74 Å². The van der Waals surface area contributed by atoms with Crippen molar-refractivity contribution in [2.24, 2.45) is 0 Å². The van der Waals surface area contributed by atoms with Gasteiger partial charge in [0.2, 0.25) is 0 Å². The molecule has 3 heteroatoms. The number of thioether (sulfide) groups is 1. The minimum absolute atomic E-state index is 0.901. The molecule has 0 N–H and O–H groups in total. The summed E-state index contributed by atoms with van der Waals surface area (Å²) in [6, 6.07) is 15.3. The van der Waals surface area contributed by atoms with Crippen LogP contribution in [0.3, 0.4) is 0 Å². The first-order valence-corrected chi connectivity index (χ1v) is 8.32. The van der Waals surface area contributed by atoms with Gasteiger partial charge in [-0.3, -0.25) is 4.90 Å². The number of hydrogen-bond donors (Lipinski definition) is 0. The lowest BCUT2D eigenvalue weighted by molar-refractivity contribution is 0.0381. The number of fused-ring (bicyclic) bond motifs is 1. The summed E-state index contributed by atoms with van der Waals surface area (Å²) in [4.78, 5) is 3.88. The highest BCUT2D eigenvalue weighted by Gasteiger charge is 2.09. The number of hydrogen-bond acceptors (Lipinski definition) is 3. The predicted octanol–water partition coefficient (Wildman–Crippen LogP) is 3.65. The molecule has 2 aromatic rings. The molecule has 0 aliphatic carbocycles. The number of morpholine rings is 1. The lowest BCUT2D eigenvalue weighted by Crippen LogP contribution is -2.36. The van der Waals surface area contributed by atoms with E-state index >= 15 is 0 Å². The fourth-order valence-electron chi connectivity index (χ4n) is 2.56. The SMILES string of the molecule is c1ccc2cc(SCCCN3CCOCC3)ccc2c1. The minimum atomic E-state index is 0.901. The van der Waals surface area contributed by atoms with E-state index in [0.717, 1.165) is 26.3 Å². The predicted molar refractivity (Wildman–Crippen MR) is 86.5 cm³/mol. The summed E-state index contributed by atoms with van der Waals surface area (Å²) in [7, 11) is 0. The van der Waals surface area contributed by atoms with Crippen LogP contribution >= 0.6 is 11.8 Å². The molecule has 1 aliphatic rings. The molecule has 1 heterocycles. The van der Waals surface area contributed by atoms with Gasteiger partial charge in [-0.15, -0.1) is 11.8 Å². The Morgan fingerprint density at radius 2 is 1.80 bits per heavy atom. The van der Waals surface area contributed by atoms with E-state index in [9.17, 15) is 0 Å². The molecule has 2 nitrogen and oxygen atoms in total. The standard InChI is InChI=1S/C17H21NOS/c1-2-5-16-14-17(7-6-15(16)4-1)20-13-3-8-18-9-11-19-12-10-18/h1-2,4-7,14H,3,8-13H2. The molecule has 1 saturated heterocycles. The Labute approximate surface area is 125 Å². The third kappa shape index (κ3) is 3.75. The van der Waals surface area contributed by atoms with Gasteiger partial charge >= 0.3 is 0 Å². The quantitative estimate of drug-likeness (QED) is 0.615. The molecular weight excluding hydrogens is 266 g/mol. The molecule has 2 aromatic carbocycles. The molecule has 0 unspecified atom stereocenters. The largest absolute Gasteiger partial charge is 0.379 e. The van der Waals surface area contributed by atoms with Gasteiger partial charge in [-0.05, 0) is 41.6 Å². The number of benzene rings is 2. The monoisotopic (exact) mass is 287 g/mol. The minimum Gasteiger partial charge on any atom is -0.379 e. The van der Waals surface area contributed by atoms with E-state index in [1.54, 1.807) is 0 Å². The summed E-state index contributed by atoms with van der Waals surface area (Å²) < 4.78 is 5.37. The molecular formula is C17H21NOS. The van der Waals surface area contributed by atoms with E-state index < -0.39 is 0 Å². The molecule has 0 aromatic heterocycles. The van der Waals surface area contributed by atoms with Crippen LogP contribution in [0.2, 0.25) is 0 Å². The Kier molecular flexibility index (Phi) is 4.96. The molecule has 1 aliphatic heterocycles. The Bertz CT molecular complexity index is 551. The van der Waals surface area contributed by atoms with Gasteiger partial charge in [-0.1, -0.05) is 30.3 Å². The van der Waals surface area contributed by atoms with Gasteiger partial charge in [0.25, 0.3) is 0 Å². The summed E-state index contributed by atoms with van der Waals surface area (Å²) >= 11 is 1.97. The molecule has 0 spiro atoms. The van der Waals surface area contributed by atoms with E-state index in [1.165, 1.54) is 34.4 Å². The lowest BCUT2D eigenvalue weighted by atomic mass is 10.1. The van der Waals surface area contributed by atoms with E-state index in [-0.39, 0.29) is 0 Å². The first-order chi connectivity index (χ1) is 9.92. The zero-order chi connectivity index (χ0) is 13.6. The fourth-order valence-corrected chi connectivity index (χ4v) is 3.44. The van der Waals surface area contributed by atoms with Gasteiger partial charge in [0.15, 0.2) is 0 Å². The molecule has 0 saturated carbocycles. The van der Waals surface area contributed by atoms with Crippen LogP contribution in [0.1, 0.15) is 6.42 Å². The first-order valence-electron chi connectivity index (χ1n) is 7.33. The molecule has 20 heavy (non-hydrogen) atoms. The average molecular weight is 287 g/mol. The zero-order valence-electron chi connectivity index (χ0n) is 11.8. The number of ether oxygens (including phenoxy) is 1. The van der Waals surface area contributed by atoms with Crippen LogP contribution in [0.5, 0.6) is 0 Å². The Hall–Kier alpha value is -1.03. The smallest absolute Gasteiger partial charge is 0.0594 e. The lowest BCUT2D eigenvalue weighted by Gasteiger charge is -2.26. The van der Waals surface area contributed by atoms with E-state index in [0.29, 0.717) is 0 Å². The Morgan fingerprint density at radius 3 is 2.65 bits per heavy atom. The first kappa shape index (κ1) is 13.9. The number of rotatable bonds is 5. The van der Waals surface area contributed by atoms with Crippen molar-refractivity contribution in [2.75, 3.05) is 38.6 Å². The highest BCUT2D eigenvalue weighted by atomic mass is 32.2. The topological polar surface area (TPSA) is 12.5 Å². The Morgan fingerprint density at radius 1 is 1.00 bits per heavy atom. The van der Waals surface area contributed by atoms with Crippen molar-refractivity contribution in [1.29, 1.82) is 0 Å². The van der Waals surface area contributed by atoms with Crippen LogP contribution in [0, 0.1) is 0 Å². The molecule has 106 valence electrons. The van der Waals surface area contributed by atoms with Crippen molar-refractivity contribution in [1.82, 2.24) is 4.90 Å². The van der Waals surface area contributed by atoms with Crippen LogP contribution < -0.4 is 0 Å². The maximum Gasteiger partial charge on any atom is 0.0594 e. The molecule has 0 radical (unpaired) electrons. The normalized spacial score (nSPS) is 16.6. The molecule has 3 rings (SSSR count). The fraction of sp³-hybridized carbons (Fsp3) is 0.412. The van der Waals surface area contributed by atoms with Gasteiger partial charge < -0.3 is 4.74 Å². The zero-order valence-corrected chi connectivity index (χ0v) is 12.6. The van der Waals surface area contributed by atoms with Crippen LogP contribution in [-0.4, -0.2) is 43.5 Å². The van der Waals surface area contributed by atoms with Crippen molar-refractivity contribution in [3.63, 3.8) is 0 Å². The van der Waals surface area contributed by atoms with Crippen LogP contribution in [0.25, 0.3) is 10.8 Å². The Balaban J connectivity index is 1.47. The van der Waals surface area contributed by atoms with E-state index in [1.807, 2.05) is 11.8 Å². The second-order valence-corrected chi connectivity index (χ2v) is 6.33. The summed E-state index contributed by atoms with van der Waals surface area (Å²) in [5, 5.41) is 2.66. The summed E-state index contributed by atoms with van der Waals surface area (Å²) in [5.74, 6) is 1.19. The summed E-state index contributed by atoms with van der Waals surface area (Å²) in [5.41, 5.74) is 0. The average Bonchev–Trinajstić information content (AvgIpc) is 2.52. The molecule has 0 atom stereocenters. The highest BCUT2D eigenvalue weighted by molar-refractivity contribution is 7.99. The summed E-state index contributed by atoms with van der Waals surface area (Å²) in [6.45, 7) is 5.20. The van der Waals surface area contributed by atoms with E-state index in [4.69, 9.17) is 4.74 Å². The second-order valence-electron chi connectivity index (χ2n) is 5.16. The molecule has 0 amide bonds. The van der Waals surface area contributed by atoms with E-state index in [2.05, 4.69) is 47.4 Å². The number of nitrogens with zero attached hydrogens (tertiary/aromatic N) is 1.